The molecule has 3 N–H and O–H groups in total. The van der Waals surface area contributed by atoms with E-state index in [1.807, 2.05) is 0 Å². The van der Waals surface area contributed by atoms with Crippen LogP contribution in [-0.2, 0) is 4.79 Å². The van der Waals surface area contributed by atoms with E-state index in [4.69, 9.17) is 5.73 Å². The molecule has 2 aromatic carbocycles. The summed E-state index contributed by atoms with van der Waals surface area (Å²) in [6.07, 6.45) is 0.313. The molecular formula is C15H15FN2OS. The highest BCUT2D eigenvalue weighted by atomic mass is 32.2. The Hall–Kier alpha value is -2.01. The summed E-state index contributed by atoms with van der Waals surface area (Å²) in [4.78, 5) is 12.3. The second-order valence-electron chi connectivity index (χ2n) is 4.20. The highest BCUT2D eigenvalue weighted by molar-refractivity contribution is 7.99. The number of hydrogen-bond acceptors (Lipinski definition) is 3. The van der Waals surface area contributed by atoms with Gasteiger partial charge in [-0.3, -0.25) is 4.79 Å². The van der Waals surface area contributed by atoms with E-state index in [0.717, 1.165) is 0 Å². The lowest BCUT2D eigenvalue weighted by molar-refractivity contribution is -0.115. The third-order valence-electron chi connectivity index (χ3n) is 2.59. The molecular weight excluding hydrogens is 275 g/mol. The van der Waals surface area contributed by atoms with Crippen molar-refractivity contribution >= 4 is 29.0 Å². The second-order valence-corrected chi connectivity index (χ2v) is 5.34. The Morgan fingerprint density at radius 3 is 2.75 bits per heavy atom. The van der Waals surface area contributed by atoms with Gasteiger partial charge in [0.05, 0.1) is 0 Å². The van der Waals surface area contributed by atoms with Gasteiger partial charge in [0, 0.05) is 28.4 Å². The summed E-state index contributed by atoms with van der Waals surface area (Å²) in [6.45, 7) is 0. The number of carbonyl (C=O) groups is 1. The molecule has 0 saturated carbocycles. The van der Waals surface area contributed by atoms with Crippen LogP contribution in [0.15, 0.2) is 53.4 Å². The molecule has 20 heavy (non-hydrogen) atoms. The zero-order chi connectivity index (χ0) is 14.4. The maximum atomic E-state index is 13.4. The van der Waals surface area contributed by atoms with E-state index in [1.54, 1.807) is 42.5 Å². The zero-order valence-electron chi connectivity index (χ0n) is 10.8. The van der Waals surface area contributed by atoms with Crippen molar-refractivity contribution in [2.24, 2.45) is 0 Å². The molecule has 0 saturated heterocycles. The zero-order valence-corrected chi connectivity index (χ0v) is 11.6. The number of benzene rings is 2. The van der Waals surface area contributed by atoms with Gasteiger partial charge >= 0.3 is 0 Å². The van der Waals surface area contributed by atoms with Crippen LogP contribution >= 0.6 is 11.8 Å². The maximum absolute atomic E-state index is 13.4. The molecule has 2 rings (SSSR count). The van der Waals surface area contributed by atoms with Crippen molar-refractivity contribution in [3.63, 3.8) is 0 Å². The quantitative estimate of drug-likeness (QED) is 0.654. The molecule has 0 aliphatic heterocycles. The number of anilines is 2. The predicted molar refractivity (Wildman–Crippen MR) is 81.2 cm³/mol. The second kappa shape index (κ2) is 6.96. The van der Waals surface area contributed by atoms with Crippen molar-refractivity contribution in [3.05, 3.63) is 54.3 Å². The summed E-state index contributed by atoms with van der Waals surface area (Å²) in [6, 6.07) is 13.5. The van der Waals surface area contributed by atoms with E-state index in [-0.39, 0.29) is 11.7 Å². The SMILES string of the molecule is Nc1cccc(NC(=O)CCSc2ccccc2F)c1. The first-order chi connectivity index (χ1) is 9.65. The molecule has 1 amide bonds. The molecule has 0 heterocycles. The molecule has 3 nitrogen and oxygen atoms in total. The van der Waals surface area contributed by atoms with E-state index in [2.05, 4.69) is 5.32 Å². The Bertz CT molecular complexity index is 604. The van der Waals surface area contributed by atoms with Crippen LogP contribution in [0.1, 0.15) is 6.42 Å². The van der Waals surface area contributed by atoms with E-state index in [1.165, 1.54) is 17.8 Å². The summed E-state index contributed by atoms with van der Waals surface area (Å²) in [5, 5.41) is 2.76. The normalized spacial score (nSPS) is 10.2. The van der Waals surface area contributed by atoms with Crippen molar-refractivity contribution in [1.29, 1.82) is 0 Å². The lowest BCUT2D eigenvalue weighted by atomic mass is 10.3. The molecule has 0 atom stereocenters. The van der Waals surface area contributed by atoms with Crippen LogP contribution < -0.4 is 11.1 Å². The van der Waals surface area contributed by atoms with Gasteiger partial charge in [-0.25, -0.2) is 4.39 Å². The van der Waals surface area contributed by atoms with E-state index < -0.39 is 0 Å². The van der Waals surface area contributed by atoms with Gasteiger partial charge in [0.25, 0.3) is 0 Å². The molecule has 0 radical (unpaired) electrons. The van der Waals surface area contributed by atoms with Gasteiger partial charge in [-0.2, -0.15) is 0 Å². The first-order valence-electron chi connectivity index (χ1n) is 6.18. The number of rotatable bonds is 5. The fourth-order valence-corrected chi connectivity index (χ4v) is 2.54. The van der Waals surface area contributed by atoms with Crippen molar-refractivity contribution < 1.29 is 9.18 Å². The van der Waals surface area contributed by atoms with Gasteiger partial charge in [0.15, 0.2) is 0 Å². The minimum absolute atomic E-state index is 0.112. The molecule has 0 spiro atoms. The fourth-order valence-electron chi connectivity index (χ4n) is 1.66. The smallest absolute Gasteiger partial charge is 0.225 e. The summed E-state index contributed by atoms with van der Waals surface area (Å²) in [7, 11) is 0. The number of nitrogens with two attached hydrogens (primary N) is 1. The van der Waals surface area contributed by atoms with Crippen LogP contribution in [0.4, 0.5) is 15.8 Å². The lowest BCUT2D eigenvalue weighted by Crippen LogP contribution is -2.12. The molecule has 104 valence electrons. The van der Waals surface area contributed by atoms with E-state index in [0.29, 0.717) is 28.4 Å². The first-order valence-corrected chi connectivity index (χ1v) is 7.16. The number of halogens is 1. The number of nitrogens with one attached hydrogen (secondary N) is 1. The Labute approximate surface area is 121 Å². The number of nitrogen functional groups attached to an aromatic ring is 1. The molecule has 0 aliphatic carbocycles. The number of thioether (sulfide) groups is 1. The van der Waals surface area contributed by atoms with E-state index in [9.17, 15) is 9.18 Å². The van der Waals surface area contributed by atoms with Crippen LogP contribution in [0.2, 0.25) is 0 Å². The fraction of sp³-hybridized carbons (Fsp3) is 0.133. The standard InChI is InChI=1S/C15H15FN2OS/c16-13-6-1-2-7-14(13)20-9-8-15(19)18-12-5-3-4-11(17)10-12/h1-7,10H,8-9,17H2,(H,18,19). The van der Waals surface area contributed by atoms with Crippen LogP contribution in [0.5, 0.6) is 0 Å². The van der Waals surface area contributed by atoms with Crippen molar-refractivity contribution in [1.82, 2.24) is 0 Å². The maximum Gasteiger partial charge on any atom is 0.225 e. The van der Waals surface area contributed by atoms with Gasteiger partial charge in [-0.1, -0.05) is 18.2 Å². The van der Waals surface area contributed by atoms with Crippen LogP contribution in [0, 0.1) is 5.82 Å². The topological polar surface area (TPSA) is 55.1 Å². The molecule has 0 aliphatic rings. The lowest BCUT2D eigenvalue weighted by Gasteiger charge is -2.06. The van der Waals surface area contributed by atoms with Gasteiger partial charge < -0.3 is 11.1 Å². The molecule has 0 fully saturated rings. The van der Waals surface area contributed by atoms with Crippen LogP contribution in [0.25, 0.3) is 0 Å². The van der Waals surface area contributed by atoms with Crippen molar-refractivity contribution in [2.75, 3.05) is 16.8 Å². The van der Waals surface area contributed by atoms with Crippen LogP contribution in [-0.4, -0.2) is 11.7 Å². The Balaban J connectivity index is 1.80. The number of hydrogen-bond donors (Lipinski definition) is 2. The van der Waals surface area contributed by atoms with Crippen molar-refractivity contribution in [2.45, 2.75) is 11.3 Å². The molecule has 2 aromatic rings. The largest absolute Gasteiger partial charge is 0.399 e. The number of amides is 1. The summed E-state index contributed by atoms with van der Waals surface area (Å²) in [5.41, 5.74) is 6.90. The van der Waals surface area contributed by atoms with Gasteiger partial charge in [0.1, 0.15) is 5.82 Å². The van der Waals surface area contributed by atoms with Crippen LogP contribution in [0.3, 0.4) is 0 Å². The van der Waals surface area contributed by atoms with Gasteiger partial charge in [-0.15, -0.1) is 11.8 Å². The molecule has 0 bridgehead atoms. The predicted octanol–water partition coefficient (Wildman–Crippen LogP) is 3.53. The minimum atomic E-state index is -0.256. The minimum Gasteiger partial charge on any atom is -0.399 e. The van der Waals surface area contributed by atoms with Gasteiger partial charge in [-0.05, 0) is 30.3 Å². The number of carbonyl (C=O) groups excluding carboxylic acids is 1. The third-order valence-corrected chi connectivity index (χ3v) is 3.64. The molecule has 0 aromatic heterocycles. The Morgan fingerprint density at radius 2 is 2.00 bits per heavy atom. The molecule has 0 unspecified atom stereocenters. The highest BCUT2D eigenvalue weighted by Crippen LogP contribution is 2.22. The Kier molecular flexibility index (Phi) is 5.01. The summed E-state index contributed by atoms with van der Waals surface area (Å²) >= 11 is 1.33. The average Bonchev–Trinajstić information content (AvgIpc) is 2.41. The van der Waals surface area contributed by atoms with Crippen molar-refractivity contribution in [3.8, 4) is 0 Å². The van der Waals surface area contributed by atoms with E-state index >= 15 is 0 Å². The summed E-state index contributed by atoms with van der Waals surface area (Å²) < 4.78 is 13.4. The first kappa shape index (κ1) is 14.4. The average molecular weight is 290 g/mol. The third kappa shape index (κ3) is 4.28. The highest BCUT2D eigenvalue weighted by Gasteiger charge is 2.05. The molecule has 5 heteroatoms. The Morgan fingerprint density at radius 1 is 1.20 bits per heavy atom. The summed E-state index contributed by atoms with van der Waals surface area (Å²) in [5.74, 6) is 0.155. The monoisotopic (exact) mass is 290 g/mol. The van der Waals surface area contributed by atoms with Gasteiger partial charge in [0.2, 0.25) is 5.91 Å².